The van der Waals surface area contributed by atoms with E-state index in [1.807, 2.05) is 0 Å². The van der Waals surface area contributed by atoms with E-state index < -0.39 is 4.92 Å². The van der Waals surface area contributed by atoms with Gasteiger partial charge in [-0.2, -0.15) is 0 Å². The van der Waals surface area contributed by atoms with Crippen LogP contribution in [0.15, 0.2) is 41.3 Å². The van der Waals surface area contributed by atoms with Crippen LogP contribution in [-0.2, 0) is 0 Å². The lowest BCUT2D eigenvalue weighted by Crippen LogP contribution is -2.11. The highest BCUT2D eigenvalue weighted by atomic mass is 32.2. The summed E-state index contributed by atoms with van der Waals surface area (Å²) in [5, 5.41) is 21.3. The van der Waals surface area contributed by atoms with Gasteiger partial charge < -0.3 is 0 Å². The molecule has 21 heavy (non-hydrogen) atoms. The summed E-state index contributed by atoms with van der Waals surface area (Å²) in [6, 6.07) is 5.34. The first kappa shape index (κ1) is 15.1. The molecule has 0 saturated carbocycles. The number of hydrogen-bond acceptors (Lipinski definition) is 7. The van der Waals surface area contributed by atoms with Gasteiger partial charge in [0.15, 0.2) is 4.34 Å². The normalized spacial score (nSPS) is 10.1. The van der Waals surface area contributed by atoms with Crippen molar-refractivity contribution in [2.45, 2.75) is 4.34 Å². The molecule has 0 bridgehead atoms. The molecular weight excluding hydrogens is 312 g/mol. The maximum absolute atomic E-state index is 12.0. The topological polar surface area (TPSA) is 98.0 Å². The molecule has 1 aromatic carbocycles. The van der Waals surface area contributed by atoms with Gasteiger partial charge in [-0.3, -0.25) is 20.2 Å². The maximum Gasteiger partial charge on any atom is 0.269 e. The van der Waals surface area contributed by atoms with Crippen molar-refractivity contribution in [3.05, 3.63) is 52.6 Å². The van der Waals surface area contributed by atoms with Gasteiger partial charge in [0.2, 0.25) is 5.13 Å². The van der Waals surface area contributed by atoms with Crippen LogP contribution in [-0.4, -0.2) is 26.8 Å². The van der Waals surface area contributed by atoms with Crippen LogP contribution in [0.2, 0.25) is 0 Å². The van der Waals surface area contributed by atoms with Gasteiger partial charge in [-0.15, -0.1) is 16.8 Å². The number of hydrogen-bond donors (Lipinski definition) is 1. The Hall–Kier alpha value is -2.26. The molecule has 0 radical (unpaired) electrons. The molecule has 0 fully saturated rings. The highest BCUT2D eigenvalue weighted by molar-refractivity contribution is 8.01. The van der Waals surface area contributed by atoms with Crippen LogP contribution in [0.25, 0.3) is 0 Å². The summed E-state index contributed by atoms with van der Waals surface area (Å²) >= 11 is 2.73. The van der Waals surface area contributed by atoms with E-state index in [-0.39, 0.29) is 11.6 Å². The number of thioether (sulfide) groups is 1. The fourth-order valence-corrected chi connectivity index (χ4v) is 2.86. The van der Waals surface area contributed by atoms with Gasteiger partial charge in [0, 0.05) is 23.4 Å². The summed E-state index contributed by atoms with van der Waals surface area (Å²) in [7, 11) is 0. The number of carbonyl (C=O) groups excluding carboxylic acids is 1. The maximum atomic E-state index is 12.0. The lowest BCUT2D eigenvalue weighted by molar-refractivity contribution is -0.384. The first-order chi connectivity index (χ1) is 10.1. The van der Waals surface area contributed by atoms with Crippen molar-refractivity contribution in [1.29, 1.82) is 0 Å². The second kappa shape index (κ2) is 6.95. The summed E-state index contributed by atoms with van der Waals surface area (Å²) in [5.41, 5.74) is 0.252. The molecule has 9 heteroatoms. The van der Waals surface area contributed by atoms with Crippen LogP contribution in [0.4, 0.5) is 10.8 Å². The molecular formula is C12H10N4O3S2. The quantitative estimate of drug-likeness (QED) is 0.289. The van der Waals surface area contributed by atoms with Gasteiger partial charge in [-0.05, 0) is 12.1 Å². The SMILES string of the molecule is C=CCSc1nnc(NC(=O)c2ccc([N+](=O)[O-])cc2)s1. The third-order valence-electron chi connectivity index (χ3n) is 2.29. The Balaban J connectivity index is 2.01. The van der Waals surface area contributed by atoms with Crippen LogP contribution in [0.1, 0.15) is 10.4 Å². The van der Waals surface area contributed by atoms with Crippen molar-refractivity contribution in [2.24, 2.45) is 0 Å². The lowest BCUT2D eigenvalue weighted by Gasteiger charge is -2.00. The van der Waals surface area contributed by atoms with E-state index in [0.29, 0.717) is 16.4 Å². The fraction of sp³-hybridized carbons (Fsp3) is 0.0833. The summed E-state index contributed by atoms with van der Waals surface area (Å²) in [6.45, 7) is 3.61. The number of carbonyl (C=O) groups is 1. The number of amides is 1. The van der Waals surface area contributed by atoms with Crippen LogP contribution >= 0.6 is 23.1 Å². The number of nitro groups is 1. The highest BCUT2D eigenvalue weighted by Crippen LogP contribution is 2.25. The van der Waals surface area contributed by atoms with E-state index in [2.05, 4.69) is 22.1 Å². The second-order valence-electron chi connectivity index (χ2n) is 3.73. The van der Waals surface area contributed by atoms with Gasteiger partial charge in [-0.25, -0.2) is 0 Å². The number of non-ortho nitro benzene ring substituents is 1. The Morgan fingerprint density at radius 2 is 2.14 bits per heavy atom. The van der Waals surface area contributed by atoms with Gasteiger partial charge in [0.1, 0.15) is 0 Å². The molecule has 2 rings (SSSR count). The van der Waals surface area contributed by atoms with E-state index in [0.717, 1.165) is 4.34 Å². The summed E-state index contributed by atoms with van der Waals surface area (Å²) < 4.78 is 0.730. The Morgan fingerprint density at radius 1 is 1.43 bits per heavy atom. The second-order valence-corrected chi connectivity index (χ2v) is 5.98. The smallest absolute Gasteiger partial charge is 0.269 e. The molecule has 0 aliphatic rings. The molecule has 2 aromatic rings. The van der Waals surface area contributed by atoms with Gasteiger partial charge >= 0.3 is 0 Å². The lowest BCUT2D eigenvalue weighted by atomic mass is 10.2. The Labute approximate surface area is 128 Å². The Morgan fingerprint density at radius 3 is 2.76 bits per heavy atom. The van der Waals surface area contributed by atoms with Crippen molar-refractivity contribution in [1.82, 2.24) is 10.2 Å². The zero-order chi connectivity index (χ0) is 15.2. The molecule has 1 N–H and O–H groups in total. The number of rotatable bonds is 6. The Kier molecular flexibility index (Phi) is 5.01. The van der Waals surface area contributed by atoms with Crippen molar-refractivity contribution in [3.63, 3.8) is 0 Å². The van der Waals surface area contributed by atoms with Crippen LogP contribution in [0.5, 0.6) is 0 Å². The highest BCUT2D eigenvalue weighted by Gasteiger charge is 2.12. The zero-order valence-electron chi connectivity index (χ0n) is 10.7. The van der Waals surface area contributed by atoms with Crippen molar-refractivity contribution in [3.8, 4) is 0 Å². The number of benzene rings is 1. The minimum atomic E-state index is -0.518. The average molecular weight is 322 g/mol. The van der Waals surface area contributed by atoms with E-state index in [1.165, 1.54) is 47.4 Å². The standard InChI is InChI=1S/C12H10N4O3S2/c1-2-7-20-12-15-14-11(21-12)13-10(17)8-3-5-9(6-4-8)16(18)19/h2-6H,1,7H2,(H,13,14,17). The van der Waals surface area contributed by atoms with Crippen LogP contribution in [0, 0.1) is 10.1 Å². The molecule has 0 saturated heterocycles. The van der Waals surface area contributed by atoms with Crippen molar-refractivity contribution in [2.75, 3.05) is 11.1 Å². The minimum absolute atomic E-state index is 0.0643. The Bertz CT molecular complexity index is 669. The van der Waals surface area contributed by atoms with E-state index >= 15 is 0 Å². The number of anilines is 1. The summed E-state index contributed by atoms with van der Waals surface area (Å²) in [4.78, 5) is 22.0. The predicted molar refractivity (Wildman–Crippen MR) is 81.9 cm³/mol. The predicted octanol–water partition coefficient (Wildman–Crippen LogP) is 2.98. The van der Waals surface area contributed by atoms with Gasteiger partial charge in [0.05, 0.1) is 4.92 Å². The molecule has 1 aromatic heterocycles. The van der Waals surface area contributed by atoms with Gasteiger partial charge in [-0.1, -0.05) is 29.2 Å². The largest absolute Gasteiger partial charge is 0.296 e. The summed E-state index contributed by atoms with van der Waals surface area (Å²) in [6.07, 6.45) is 1.75. The number of nitro benzene ring substituents is 1. The molecule has 1 heterocycles. The number of aromatic nitrogens is 2. The molecule has 0 aliphatic heterocycles. The van der Waals surface area contributed by atoms with Crippen LogP contribution < -0.4 is 5.32 Å². The average Bonchev–Trinajstić information content (AvgIpc) is 2.92. The number of nitrogens with zero attached hydrogens (tertiary/aromatic N) is 3. The van der Waals surface area contributed by atoms with E-state index in [1.54, 1.807) is 6.08 Å². The molecule has 0 spiro atoms. The monoisotopic (exact) mass is 322 g/mol. The molecule has 0 atom stereocenters. The molecule has 7 nitrogen and oxygen atoms in total. The van der Waals surface area contributed by atoms with E-state index in [4.69, 9.17) is 0 Å². The molecule has 0 unspecified atom stereocenters. The van der Waals surface area contributed by atoms with Crippen molar-refractivity contribution < 1.29 is 9.72 Å². The fourth-order valence-electron chi connectivity index (χ4n) is 1.35. The molecule has 1 amide bonds. The molecule has 0 aliphatic carbocycles. The van der Waals surface area contributed by atoms with Gasteiger partial charge in [0.25, 0.3) is 11.6 Å². The van der Waals surface area contributed by atoms with E-state index in [9.17, 15) is 14.9 Å². The molecule has 108 valence electrons. The third kappa shape index (κ3) is 4.10. The first-order valence-corrected chi connectivity index (χ1v) is 7.53. The van der Waals surface area contributed by atoms with Crippen molar-refractivity contribution >= 4 is 39.8 Å². The first-order valence-electron chi connectivity index (χ1n) is 5.73. The summed E-state index contributed by atoms with van der Waals surface area (Å²) in [5.74, 6) is 0.326. The zero-order valence-corrected chi connectivity index (χ0v) is 12.3. The number of nitrogens with one attached hydrogen (secondary N) is 1. The van der Waals surface area contributed by atoms with Crippen LogP contribution in [0.3, 0.4) is 0 Å². The third-order valence-corrected chi connectivity index (χ3v) is 4.26. The minimum Gasteiger partial charge on any atom is -0.296 e.